The van der Waals surface area contributed by atoms with Gasteiger partial charge in [0, 0.05) is 11.4 Å². The van der Waals surface area contributed by atoms with E-state index < -0.39 is 11.4 Å². The highest BCUT2D eigenvalue weighted by atomic mass is 35.5. The predicted octanol–water partition coefficient (Wildman–Crippen LogP) is 4.24. The molecule has 124 valence electrons. The van der Waals surface area contributed by atoms with Crippen LogP contribution in [0.2, 0.25) is 5.02 Å². The lowest BCUT2D eigenvalue weighted by Gasteiger charge is -2.07. The Bertz CT molecular complexity index is 682. The van der Waals surface area contributed by atoms with Crippen LogP contribution in [0.3, 0.4) is 0 Å². The van der Waals surface area contributed by atoms with Crippen LogP contribution < -0.4 is 10.1 Å². The maximum absolute atomic E-state index is 12.4. The standard InChI is InChI=1S/C14H14ClF2N3O2S/c1-8-7-9(4-5-10(8)15)22-6-2-3-11(21)18-14-20-19-13(23-14)12(16)17/h4-5,7,12H,2-3,6H2,1H3,(H,18,20,21). The number of rotatable bonds is 7. The molecule has 1 heterocycles. The first-order valence-electron chi connectivity index (χ1n) is 6.76. The van der Waals surface area contributed by atoms with Gasteiger partial charge in [-0.1, -0.05) is 22.9 Å². The molecule has 1 amide bonds. The van der Waals surface area contributed by atoms with E-state index in [2.05, 4.69) is 15.5 Å². The number of hydrogen-bond donors (Lipinski definition) is 1. The molecule has 0 aliphatic rings. The topological polar surface area (TPSA) is 64.1 Å². The minimum absolute atomic E-state index is 0.0690. The molecule has 0 aliphatic carbocycles. The third kappa shape index (κ3) is 5.40. The summed E-state index contributed by atoms with van der Waals surface area (Å²) < 4.78 is 30.2. The van der Waals surface area contributed by atoms with E-state index in [9.17, 15) is 13.6 Å². The number of carbonyl (C=O) groups is 1. The van der Waals surface area contributed by atoms with Crippen LogP contribution in [0.5, 0.6) is 5.75 Å². The smallest absolute Gasteiger partial charge is 0.291 e. The van der Waals surface area contributed by atoms with E-state index in [1.165, 1.54) is 0 Å². The number of ether oxygens (including phenoxy) is 1. The average Bonchev–Trinajstić information content (AvgIpc) is 2.96. The van der Waals surface area contributed by atoms with Crippen molar-refractivity contribution in [3.63, 3.8) is 0 Å². The second kappa shape index (κ2) is 8.16. The molecule has 0 fully saturated rings. The minimum atomic E-state index is -2.69. The van der Waals surface area contributed by atoms with Gasteiger partial charge in [0.2, 0.25) is 11.0 Å². The third-order valence-corrected chi connectivity index (χ3v) is 4.09. The van der Waals surface area contributed by atoms with Crippen LogP contribution in [0, 0.1) is 6.92 Å². The SMILES string of the molecule is Cc1cc(OCCCC(=O)Nc2nnc(C(F)F)s2)ccc1Cl. The van der Waals surface area contributed by atoms with Crippen LogP contribution in [0.25, 0.3) is 0 Å². The first kappa shape index (κ1) is 17.6. The highest BCUT2D eigenvalue weighted by Gasteiger charge is 2.15. The molecular formula is C14H14ClF2N3O2S. The molecule has 0 atom stereocenters. The largest absolute Gasteiger partial charge is 0.494 e. The van der Waals surface area contributed by atoms with Gasteiger partial charge in [0.1, 0.15) is 5.75 Å². The summed E-state index contributed by atoms with van der Waals surface area (Å²) in [6.45, 7) is 2.23. The number of halogens is 3. The molecule has 9 heteroatoms. The van der Waals surface area contributed by atoms with E-state index in [0.717, 1.165) is 5.56 Å². The fraction of sp³-hybridized carbons (Fsp3) is 0.357. The Labute approximate surface area is 140 Å². The molecule has 5 nitrogen and oxygen atoms in total. The summed E-state index contributed by atoms with van der Waals surface area (Å²) in [5.74, 6) is 0.357. The van der Waals surface area contributed by atoms with Gasteiger partial charge < -0.3 is 10.1 Å². The Balaban J connectivity index is 1.71. The number of alkyl halides is 2. The number of aryl methyl sites for hydroxylation is 1. The normalized spacial score (nSPS) is 10.8. The Morgan fingerprint density at radius 3 is 2.87 bits per heavy atom. The lowest BCUT2D eigenvalue weighted by Crippen LogP contribution is -2.12. The summed E-state index contributed by atoms with van der Waals surface area (Å²) in [5, 5.41) is 9.52. The van der Waals surface area contributed by atoms with E-state index in [0.29, 0.717) is 35.1 Å². The molecule has 2 aromatic rings. The zero-order valence-corrected chi connectivity index (χ0v) is 13.8. The second-order valence-electron chi connectivity index (χ2n) is 4.66. The molecule has 0 saturated heterocycles. The van der Waals surface area contributed by atoms with Gasteiger partial charge in [-0.3, -0.25) is 4.79 Å². The summed E-state index contributed by atoms with van der Waals surface area (Å²) in [6.07, 6.45) is -2.01. The molecule has 0 radical (unpaired) electrons. The van der Waals surface area contributed by atoms with Gasteiger partial charge in [-0.15, -0.1) is 10.2 Å². The maximum Gasteiger partial charge on any atom is 0.291 e. The number of hydrogen-bond acceptors (Lipinski definition) is 5. The summed E-state index contributed by atoms with van der Waals surface area (Å²) in [6, 6.07) is 5.31. The molecule has 0 spiro atoms. The first-order chi connectivity index (χ1) is 11.0. The molecule has 0 bridgehead atoms. The van der Waals surface area contributed by atoms with Crippen LogP contribution >= 0.6 is 22.9 Å². The number of anilines is 1. The average molecular weight is 362 g/mol. The molecule has 1 aromatic heterocycles. The first-order valence-corrected chi connectivity index (χ1v) is 7.95. The van der Waals surface area contributed by atoms with E-state index >= 15 is 0 Å². The molecule has 0 saturated carbocycles. The summed E-state index contributed by atoms with van der Waals surface area (Å²) in [7, 11) is 0. The van der Waals surface area contributed by atoms with Gasteiger partial charge in [-0.2, -0.15) is 0 Å². The van der Waals surface area contributed by atoms with Gasteiger partial charge in [-0.25, -0.2) is 8.78 Å². The fourth-order valence-corrected chi connectivity index (χ4v) is 2.42. The zero-order chi connectivity index (χ0) is 16.8. The molecule has 1 N–H and O–H groups in total. The van der Waals surface area contributed by atoms with Gasteiger partial charge in [0.05, 0.1) is 6.61 Å². The predicted molar refractivity (Wildman–Crippen MR) is 84.4 cm³/mol. The van der Waals surface area contributed by atoms with Crippen LogP contribution in [-0.4, -0.2) is 22.7 Å². The van der Waals surface area contributed by atoms with Crippen molar-refractivity contribution in [2.24, 2.45) is 0 Å². The number of carbonyl (C=O) groups excluding carboxylic acids is 1. The van der Waals surface area contributed by atoms with Crippen molar-refractivity contribution in [3.8, 4) is 5.75 Å². The van der Waals surface area contributed by atoms with Crippen molar-refractivity contribution in [2.45, 2.75) is 26.2 Å². The molecule has 0 aliphatic heterocycles. The Kier molecular flexibility index (Phi) is 6.23. The number of benzene rings is 1. The fourth-order valence-electron chi connectivity index (χ4n) is 1.68. The quantitative estimate of drug-likeness (QED) is 0.749. The lowest BCUT2D eigenvalue weighted by molar-refractivity contribution is -0.116. The molecule has 2 rings (SSSR count). The van der Waals surface area contributed by atoms with Crippen molar-refractivity contribution in [1.29, 1.82) is 0 Å². The molecular weight excluding hydrogens is 348 g/mol. The summed E-state index contributed by atoms with van der Waals surface area (Å²) in [5.41, 5.74) is 0.910. The summed E-state index contributed by atoms with van der Waals surface area (Å²) >= 11 is 6.58. The Morgan fingerprint density at radius 1 is 1.43 bits per heavy atom. The Hall–Kier alpha value is -1.80. The van der Waals surface area contributed by atoms with Crippen molar-refractivity contribution >= 4 is 34.0 Å². The number of aromatic nitrogens is 2. The van der Waals surface area contributed by atoms with E-state index in [-0.39, 0.29) is 17.5 Å². The van der Waals surface area contributed by atoms with Gasteiger partial charge in [-0.05, 0) is 37.1 Å². The van der Waals surface area contributed by atoms with Gasteiger partial charge in [0.25, 0.3) is 6.43 Å². The summed E-state index contributed by atoms with van der Waals surface area (Å²) in [4.78, 5) is 11.7. The zero-order valence-electron chi connectivity index (χ0n) is 12.2. The van der Waals surface area contributed by atoms with Crippen molar-refractivity contribution in [1.82, 2.24) is 10.2 Å². The highest BCUT2D eigenvalue weighted by Crippen LogP contribution is 2.25. The van der Waals surface area contributed by atoms with Crippen molar-refractivity contribution in [3.05, 3.63) is 33.8 Å². The molecule has 23 heavy (non-hydrogen) atoms. The van der Waals surface area contributed by atoms with Crippen LogP contribution in [-0.2, 0) is 4.79 Å². The number of nitrogens with zero attached hydrogens (tertiary/aromatic N) is 2. The molecule has 0 unspecified atom stereocenters. The van der Waals surface area contributed by atoms with Crippen LogP contribution in [0.15, 0.2) is 18.2 Å². The van der Waals surface area contributed by atoms with E-state index in [1.54, 1.807) is 12.1 Å². The van der Waals surface area contributed by atoms with Crippen molar-refractivity contribution in [2.75, 3.05) is 11.9 Å². The molecule has 1 aromatic carbocycles. The van der Waals surface area contributed by atoms with Crippen LogP contribution in [0.1, 0.15) is 29.8 Å². The van der Waals surface area contributed by atoms with E-state index in [1.807, 2.05) is 13.0 Å². The lowest BCUT2D eigenvalue weighted by atomic mass is 10.2. The maximum atomic E-state index is 12.4. The second-order valence-corrected chi connectivity index (χ2v) is 6.07. The highest BCUT2D eigenvalue weighted by molar-refractivity contribution is 7.15. The Morgan fingerprint density at radius 2 is 2.22 bits per heavy atom. The monoisotopic (exact) mass is 361 g/mol. The van der Waals surface area contributed by atoms with E-state index in [4.69, 9.17) is 16.3 Å². The van der Waals surface area contributed by atoms with Crippen LogP contribution in [0.4, 0.5) is 13.9 Å². The van der Waals surface area contributed by atoms with Gasteiger partial charge in [0.15, 0.2) is 5.01 Å². The van der Waals surface area contributed by atoms with Gasteiger partial charge >= 0.3 is 0 Å². The minimum Gasteiger partial charge on any atom is -0.494 e. The number of nitrogens with one attached hydrogen (secondary N) is 1. The third-order valence-electron chi connectivity index (χ3n) is 2.82. The number of amides is 1. The van der Waals surface area contributed by atoms with Crippen molar-refractivity contribution < 1.29 is 18.3 Å².